The first-order chi connectivity index (χ1) is 10.3. The molecule has 1 aliphatic rings. The first kappa shape index (κ1) is 14.3. The van der Waals surface area contributed by atoms with Crippen LogP contribution >= 0.6 is 0 Å². The Bertz CT molecular complexity index is 578. The monoisotopic (exact) mass is 290 g/mol. The molecule has 3 rings (SSSR count). The number of aryl methyl sites for hydroxylation is 2. The molecule has 3 heterocycles. The summed E-state index contributed by atoms with van der Waals surface area (Å²) in [5, 5.41) is 8.51. The van der Waals surface area contributed by atoms with Gasteiger partial charge in [0.15, 0.2) is 0 Å². The predicted octanol–water partition coefficient (Wildman–Crippen LogP) is 1.99. The molecule has 1 atom stereocenters. The molecular weight excluding hydrogens is 268 g/mol. The fraction of sp³-hybridized carbons (Fsp3) is 0.600. The molecule has 0 radical (unpaired) electrons. The van der Waals surface area contributed by atoms with Crippen LogP contribution in [0.4, 0.5) is 0 Å². The summed E-state index contributed by atoms with van der Waals surface area (Å²) >= 11 is 0. The summed E-state index contributed by atoms with van der Waals surface area (Å²) < 4.78 is 12.9. The maximum Gasteiger partial charge on any atom is 0.133 e. The van der Waals surface area contributed by atoms with Crippen LogP contribution in [0.2, 0.25) is 0 Å². The minimum atomic E-state index is 0.378. The van der Waals surface area contributed by atoms with Crippen molar-refractivity contribution < 1.29 is 9.26 Å². The maximum atomic E-state index is 5.66. The Morgan fingerprint density at radius 1 is 1.48 bits per heavy atom. The van der Waals surface area contributed by atoms with Crippen molar-refractivity contribution in [1.82, 2.24) is 19.8 Å². The van der Waals surface area contributed by atoms with Gasteiger partial charge in [-0.05, 0) is 26.3 Å². The van der Waals surface area contributed by atoms with Crippen LogP contribution in [-0.4, -0.2) is 39.1 Å². The van der Waals surface area contributed by atoms with Crippen molar-refractivity contribution in [1.29, 1.82) is 0 Å². The molecule has 0 N–H and O–H groups in total. The number of fused-ring (bicyclic) bond motifs is 1. The molecular formula is C15H22N4O2. The topological polar surface area (TPSA) is 56.3 Å². The fourth-order valence-electron chi connectivity index (χ4n) is 2.81. The van der Waals surface area contributed by atoms with E-state index < -0.39 is 0 Å². The molecule has 0 unspecified atom stereocenters. The van der Waals surface area contributed by atoms with E-state index in [1.807, 2.05) is 26.1 Å². The molecule has 6 heteroatoms. The van der Waals surface area contributed by atoms with E-state index in [1.54, 1.807) is 0 Å². The Morgan fingerprint density at radius 3 is 3.14 bits per heavy atom. The summed E-state index contributed by atoms with van der Waals surface area (Å²) in [4.78, 5) is 2.41. The molecule has 0 saturated carbocycles. The molecule has 2 aromatic rings. The highest BCUT2D eigenvalue weighted by Crippen LogP contribution is 2.20. The summed E-state index contributed by atoms with van der Waals surface area (Å²) in [6, 6.07) is 4.47. The molecule has 0 saturated heterocycles. The number of ether oxygens (including phenoxy) is 1. The largest absolute Gasteiger partial charge is 0.380 e. The summed E-state index contributed by atoms with van der Waals surface area (Å²) in [5.41, 5.74) is 2.22. The van der Waals surface area contributed by atoms with Crippen LogP contribution in [-0.2, 0) is 24.4 Å². The van der Waals surface area contributed by atoms with Crippen molar-refractivity contribution in [2.45, 2.75) is 45.9 Å². The Morgan fingerprint density at radius 2 is 2.38 bits per heavy atom. The van der Waals surface area contributed by atoms with E-state index in [0.29, 0.717) is 6.04 Å². The fourth-order valence-corrected chi connectivity index (χ4v) is 2.81. The molecule has 0 bridgehead atoms. The van der Waals surface area contributed by atoms with Gasteiger partial charge in [0.1, 0.15) is 5.76 Å². The lowest BCUT2D eigenvalue weighted by Crippen LogP contribution is -2.37. The van der Waals surface area contributed by atoms with E-state index in [9.17, 15) is 0 Å². The second-order valence-corrected chi connectivity index (χ2v) is 5.48. The molecule has 6 nitrogen and oxygen atoms in total. The van der Waals surface area contributed by atoms with Gasteiger partial charge in [-0.1, -0.05) is 5.16 Å². The maximum absolute atomic E-state index is 5.66. The van der Waals surface area contributed by atoms with Gasteiger partial charge < -0.3 is 9.26 Å². The number of hydrogen-bond donors (Lipinski definition) is 0. The zero-order valence-corrected chi connectivity index (χ0v) is 12.7. The van der Waals surface area contributed by atoms with Crippen LogP contribution in [0.1, 0.15) is 30.5 Å². The summed E-state index contributed by atoms with van der Waals surface area (Å²) in [7, 11) is 0. The Balaban J connectivity index is 1.76. The molecule has 0 aromatic carbocycles. The van der Waals surface area contributed by atoms with E-state index in [4.69, 9.17) is 9.26 Å². The quantitative estimate of drug-likeness (QED) is 0.843. The third-order valence-corrected chi connectivity index (χ3v) is 3.92. The zero-order chi connectivity index (χ0) is 14.7. The Kier molecular flexibility index (Phi) is 4.36. The minimum absolute atomic E-state index is 0.378. The van der Waals surface area contributed by atoms with E-state index in [1.165, 1.54) is 5.69 Å². The average molecular weight is 290 g/mol. The van der Waals surface area contributed by atoms with Crippen molar-refractivity contribution in [2.24, 2.45) is 0 Å². The summed E-state index contributed by atoms with van der Waals surface area (Å²) in [5.74, 6) is 0.853. The number of aromatic nitrogens is 3. The van der Waals surface area contributed by atoms with Crippen LogP contribution in [0.3, 0.4) is 0 Å². The van der Waals surface area contributed by atoms with Gasteiger partial charge in [0, 0.05) is 44.5 Å². The van der Waals surface area contributed by atoms with Gasteiger partial charge >= 0.3 is 0 Å². The molecule has 0 amide bonds. The third kappa shape index (κ3) is 3.33. The van der Waals surface area contributed by atoms with Crippen molar-refractivity contribution >= 4 is 0 Å². The van der Waals surface area contributed by atoms with Crippen LogP contribution < -0.4 is 0 Å². The SMILES string of the molecule is CCOC[C@H]1CCn2nccc2CN1Cc1cc(C)on1. The van der Waals surface area contributed by atoms with Gasteiger partial charge in [0.25, 0.3) is 0 Å². The molecule has 2 aromatic heterocycles. The van der Waals surface area contributed by atoms with Gasteiger partial charge in [-0.15, -0.1) is 0 Å². The highest BCUT2D eigenvalue weighted by atomic mass is 16.5. The van der Waals surface area contributed by atoms with E-state index in [0.717, 1.165) is 50.7 Å². The van der Waals surface area contributed by atoms with Crippen LogP contribution in [0.25, 0.3) is 0 Å². The molecule has 1 aliphatic heterocycles. The van der Waals surface area contributed by atoms with E-state index >= 15 is 0 Å². The van der Waals surface area contributed by atoms with Gasteiger partial charge in [0.2, 0.25) is 0 Å². The number of nitrogens with zero attached hydrogens (tertiary/aromatic N) is 4. The Labute approximate surface area is 124 Å². The van der Waals surface area contributed by atoms with Gasteiger partial charge in [-0.25, -0.2) is 0 Å². The molecule has 0 spiro atoms. The van der Waals surface area contributed by atoms with Crippen molar-refractivity contribution in [3.8, 4) is 0 Å². The van der Waals surface area contributed by atoms with Gasteiger partial charge in [-0.3, -0.25) is 9.58 Å². The molecule has 0 fully saturated rings. The van der Waals surface area contributed by atoms with Crippen molar-refractivity contribution in [3.05, 3.63) is 35.5 Å². The van der Waals surface area contributed by atoms with Crippen molar-refractivity contribution in [3.63, 3.8) is 0 Å². The average Bonchev–Trinajstić information content (AvgIpc) is 3.04. The van der Waals surface area contributed by atoms with Crippen LogP contribution in [0, 0.1) is 6.92 Å². The van der Waals surface area contributed by atoms with Crippen LogP contribution in [0.5, 0.6) is 0 Å². The van der Waals surface area contributed by atoms with Crippen molar-refractivity contribution in [2.75, 3.05) is 13.2 Å². The highest BCUT2D eigenvalue weighted by Gasteiger charge is 2.25. The highest BCUT2D eigenvalue weighted by molar-refractivity contribution is 5.07. The second kappa shape index (κ2) is 6.41. The molecule has 21 heavy (non-hydrogen) atoms. The third-order valence-electron chi connectivity index (χ3n) is 3.92. The first-order valence-corrected chi connectivity index (χ1v) is 7.51. The Hall–Kier alpha value is -1.66. The van der Waals surface area contributed by atoms with Gasteiger partial charge in [0.05, 0.1) is 18.0 Å². The summed E-state index contributed by atoms with van der Waals surface area (Å²) in [6.45, 7) is 8.03. The standard InChI is InChI=1S/C15H22N4O2/c1-3-20-11-15-5-7-19-14(4-6-16-19)10-18(15)9-13-8-12(2)21-17-13/h4,6,8,15H,3,5,7,9-11H2,1-2H3/t15-/m1/s1. The van der Waals surface area contributed by atoms with E-state index in [2.05, 4.69) is 25.9 Å². The lowest BCUT2D eigenvalue weighted by atomic mass is 10.1. The molecule has 0 aliphatic carbocycles. The normalized spacial score (nSPS) is 19.4. The lowest BCUT2D eigenvalue weighted by molar-refractivity contribution is 0.0548. The minimum Gasteiger partial charge on any atom is -0.380 e. The molecule has 114 valence electrons. The van der Waals surface area contributed by atoms with Gasteiger partial charge in [-0.2, -0.15) is 5.10 Å². The second-order valence-electron chi connectivity index (χ2n) is 5.48. The summed E-state index contributed by atoms with van der Waals surface area (Å²) in [6.07, 6.45) is 2.90. The predicted molar refractivity (Wildman–Crippen MR) is 77.6 cm³/mol. The van der Waals surface area contributed by atoms with Crippen LogP contribution in [0.15, 0.2) is 22.9 Å². The number of hydrogen-bond acceptors (Lipinski definition) is 5. The first-order valence-electron chi connectivity index (χ1n) is 7.51. The lowest BCUT2D eigenvalue weighted by Gasteiger charge is -2.28. The number of rotatable bonds is 5. The van der Waals surface area contributed by atoms with E-state index in [-0.39, 0.29) is 0 Å². The smallest absolute Gasteiger partial charge is 0.133 e. The zero-order valence-electron chi connectivity index (χ0n) is 12.7.